The van der Waals surface area contributed by atoms with E-state index in [0.717, 1.165) is 31.5 Å². The molecule has 1 aliphatic heterocycles. The molecule has 186 valence electrons. The van der Waals surface area contributed by atoms with Gasteiger partial charge < -0.3 is 14.7 Å². The number of nitrogens with zero attached hydrogens (tertiary/aromatic N) is 6. The molecular weight excluding hydrogens is 454 g/mol. The lowest BCUT2D eigenvalue weighted by atomic mass is 9.85. The summed E-state index contributed by atoms with van der Waals surface area (Å²) in [5.41, 5.74) is -0.593. The Bertz CT molecular complexity index is 1120. The number of pyridine rings is 1. The summed E-state index contributed by atoms with van der Waals surface area (Å²) < 4.78 is 35.6. The molecule has 2 aliphatic rings. The summed E-state index contributed by atoms with van der Waals surface area (Å²) in [6, 6.07) is 6.74. The van der Waals surface area contributed by atoms with E-state index in [0.29, 0.717) is 24.9 Å². The van der Waals surface area contributed by atoms with E-state index in [-0.39, 0.29) is 12.1 Å². The Morgan fingerprint density at radius 2 is 1.94 bits per heavy atom. The number of hydrogen-bond donors (Lipinski definition) is 1. The SMILES string of the molecule is CC(N1CCN(c2ccc(OCC3CC3)nc2)CC1)C(O)(Cn1cncn1)c1ccc(F)cc1F. The standard InChI is InChI=1S/C25H30F2N6O2/c1-18(25(34,15-33-17-28-16-30-33)22-6-4-20(26)12-23(22)27)31-8-10-32(11-9-31)21-5-7-24(29-13-21)35-14-19-2-3-19/h4-7,12-13,16-19,34H,2-3,8-11,14-15H2,1H3. The number of piperazine rings is 1. The maximum Gasteiger partial charge on any atom is 0.213 e. The second-order valence-electron chi connectivity index (χ2n) is 9.45. The number of hydrogen-bond acceptors (Lipinski definition) is 7. The van der Waals surface area contributed by atoms with Crippen LogP contribution >= 0.6 is 0 Å². The van der Waals surface area contributed by atoms with E-state index in [2.05, 4.69) is 24.9 Å². The molecule has 0 spiro atoms. The van der Waals surface area contributed by atoms with Crippen LogP contribution in [0.25, 0.3) is 0 Å². The largest absolute Gasteiger partial charge is 0.477 e. The predicted molar refractivity (Wildman–Crippen MR) is 126 cm³/mol. The molecule has 3 aromatic rings. The van der Waals surface area contributed by atoms with Crippen LogP contribution in [0.1, 0.15) is 25.3 Å². The maximum absolute atomic E-state index is 14.8. The topological polar surface area (TPSA) is 79.5 Å². The molecule has 3 heterocycles. The fraction of sp³-hybridized carbons (Fsp3) is 0.480. The number of aromatic nitrogens is 4. The fourth-order valence-corrected chi connectivity index (χ4v) is 4.65. The van der Waals surface area contributed by atoms with Crippen LogP contribution in [0.2, 0.25) is 0 Å². The highest BCUT2D eigenvalue weighted by Gasteiger charge is 2.42. The van der Waals surface area contributed by atoms with E-state index in [9.17, 15) is 13.9 Å². The van der Waals surface area contributed by atoms with Crippen molar-refractivity contribution in [3.8, 4) is 5.88 Å². The molecule has 0 radical (unpaired) electrons. The van der Waals surface area contributed by atoms with Gasteiger partial charge >= 0.3 is 0 Å². The Morgan fingerprint density at radius 3 is 2.57 bits per heavy atom. The summed E-state index contributed by atoms with van der Waals surface area (Å²) in [4.78, 5) is 12.7. The first kappa shape index (κ1) is 23.6. The highest BCUT2D eigenvalue weighted by Crippen LogP contribution is 2.34. The van der Waals surface area contributed by atoms with Crippen molar-refractivity contribution in [2.75, 3.05) is 37.7 Å². The van der Waals surface area contributed by atoms with Gasteiger partial charge in [-0.2, -0.15) is 5.10 Å². The Labute approximate surface area is 203 Å². The number of rotatable bonds is 9. The van der Waals surface area contributed by atoms with Gasteiger partial charge in [-0.15, -0.1) is 0 Å². The van der Waals surface area contributed by atoms with Gasteiger partial charge in [0, 0.05) is 49.9 Å². The van der Waals surface area contributed by atoms with Crippen LogP contribution in [0.4, 0.5) is 14.5 Å². The van der Waals surface area contributed by atoms with Crippen molar-refractivity contribution in [3.63, 3.8) is 0 Å². The number of anilines is 1. The van der Waals surface area contributed by atoms with Gasteiger partial charge in [-0.1, -0.05) is 6.07 Å². The third-order valence-corrected chi connectivity index (χ3v) is 7.07. The van der Waals surface area contributed by atoms with E-state index in [1.54, 1.807) is 0 Å². The molecule has 35 heavy (non-hydrogen) atoms. The summed E-state index contributed by atoms with van der Waals surface area (Å²) in [7, 11) is 0. The minimum absolute atomic E-state index is 0.0107. The minimum Gasteiger partial charge on any atom is -0.477 e. The van der Waals surface area contributed by atoms with Crippen molar-refractivity contribution in [1.82, 2.24) is 24.6 Å². The van der Waals surface area contributed by atoms with Gasteiger partial charge in [-0.05, 0) is 37.8 Å². The molecule has 5 rings (SSSR count). The first-order valence-corrected chi connectivity index (χ1v) is 12.0. The molecule has 1 aliphatic carbocycles. The van der Waals surface area contributed by atoms with Gasteiger partial charge in [0.2, 0.25) is 5.88 Å². The lowest BCUT2D eigenvalue weighted by molar-refractivity contribution is -0.0650. The summed E-state index contributed by atoms with van der Waals surface area (Å²) >= 11 is 0. The zero-order valence-corrected chi connectivity index (χ0v) is 19.7. The minimum atomic E-state index is -1.64. The molecule has 0 amide bonds. The van der Waals surface area contributed by atoms with E-state index in [1.807, 2.05) is 25.3 Å². The Hall–Kier alpha value is -3.11. The molecular formula is C25H30F2N6O2. The van der Waals surface area contributed by atoms with Crippen molar-refractivity contribution in [2.45, 2.75) is 38.0 Å². The first-order chi connectivity index (χ1) is 16.9. The second kappa shape index (κ2) is 9.87. The normalized spacial score (nSPS) is 19.4. The quantitative estimate of drug-likeness (QED) is 0.500. The zero-order valence-electron chi connectivity index (χ0n) is 19.7. The molecule has 2 aromatic heterocycles. The van der Waals surface area contributed by atoms with Crippen LogP contribution in [0.5, 0.6) is 5.88 Å². The molecule has 1 aromatic carbocycles. The van der Waals surface area contributed by atoms with Crippen LogP contribution in [0.15, 0.2) is 49.2 Å². The van der Waals surface area contributed by atoms with Gasteiger partial charge in [0.05, 0.1) is 25.0 Å². The van der Waals surface area contributed by atoms with Gasteiger partial charge in [-0.25, -0.2) is 23.4 Å². The van der Waals surface area contributed by atoms with E-state index < -0.39 is 23.3 Å². The van der Waals surface area contributed by atoms with Gasteiger partial charge in [-0.3, -0.25) is 4.90 Å². The third kappa shape index (κ3) is 5.28. The molecule has 10 heteroatoms. The number of ether oxygens (including phenoxy) is 1. The van der Waals surface area contributed by atoms with Gasteiger partial charge in [0.1, 0.15) is 29.9 Å². The summed E-state index contributed by atoms with van der Waals surface area (Å²) in [5, 5.41) is 15.9. The van der Waals surface area contributed by atoms with Crippen LogP contribution in [0, 0.1) is 17.6 Å². The van der Waals surface area contributed by atoms with Crippen LogP contribution in [-0.2, 0) is 12.1 Å². The van der Waals surface area contributed by atoms with Crippen LogP contribution in [0.3, 0.4) is 0 Å². The highest BCUT2D eigenvalue weighted by molar-refractivity contribution is 5.46. The van der Waals surface area contributed by atoms with Gasteiger partial charge in [0.25, 0.3) is 0 Å². The maximum atomic E-state index is 14.8. The Kier molecular flexibility index (Phi) is 6.66. The second-order valence-corrected chi connectivity index (χ2v) is 9.45. The zero-order chi connectivity index (χ0) is 24.4. The van der Waals surface area contributed by atoms with E-state index in [1.165, 1.54) is 42.3 Å². The van der Waals surface area contributed by atoms with Gasteiger partial charge in [0.15, 0.2) is 0 Å². The molecule has 2 fully saturated rings. The lowest BCUT2D eigenvalue weighted by Gasteiger charge is -2.45. The average Bonchev–Trinajstić information content (AvgIpc) is 3.56. The highest BCUT2D eigenvalue weighted by atomic mass is 19.1. The molecule has 1 saturated heterocycles. The van der Waals surface area contributed by atoms with Crippen molar-refractivity contribution in [3.05, 3.63) is 66.4 Å². The van der Waals surface area contributed by atoms with Crippen LogP contribution < -0.4 is 9.64 Å². The number of halogens is 2. The lowest BCUT2D eigenvalue weighted by Crippen LogP contribution is -2.57. The monoisotopic (exact) mass is 484 g/mol. The molecule has 8 nitrogen and oxygen atoms in total. The van der Waals surface area contributed by atoms with E-state index in [4.69, 9.17) is 4.74 Å². The molecule has 1 N–H and O–H groups in total. The average molecular weight is 485 g/mol. The fourth-order valence-electron chi connectivity index (χ4n) is 4.65. The predicted octanol–water partition coefficient (Wildman–Crippen LogP) is 2.84. The number of benzene rings is 1. The van der Waals surface area contributed by atoms with Crippen molar-refractivity contribution in [2.24, 2.45) is 5.92 Å². The Morgan fingerprint density at radius 1 is 1.14 bits per heavy atom. The summed E-state index contributed by atoms with van der Waals surface area (Å²) in [6.07, 6.45) is 7.14. The third-order valence-electron chi connectivity index (χ3n) is 7.07. The molecule has 2 unspecified atom stereocenters. The molecule has 2 atom stereocenters. The van der Waals surface area contributed by atoms with Crippen LogP contribution in [-0.4, -0.2) is 68.6 Å². The van der Waals surface area contributed by atoms with E-state index >= 15 is 0 Å². The molecule has 0 bridgehead atoms. The van der Waals surface area contributed by atoms with Crippen molar-refractivity contribution in [1.29, 1.82) is 0 Å². The van der Waals surface area contributed by atoms with Crippen molar-refractivity contribution < 1.29 is 18.6 Å². The summed E-state index contributed by atoms with van der Waals surface area (Å²) in [5.74, 6) is -0.146. The van der Waals surface area contributed by atoms with Crippen molar-refractivity contribution >= 4 is 5.69 Å². The summed E-state index contributed by atoms with van der Waals surface area (Å²) in [6.45, 7) is 5.34. The first-order valence-electron chi connectivity index (χ1n) is 12.0. The number of aliphatic hydroxyl groups is 1. The smallest absolute Gasteiger partial charge is 0.213 e. The molecule has 1 saturated carbocycles. The Balaban J connectivity index is 1.27.